The summed E-state index contributed by atoms with van der Waals surface area (Å²) in [5.41, 5.74) is 3.54. The second-order valence-electron chi connectivity index (χ2n) is 13.3. The van der Waals surface area contributed by atoms with E-state index in [1.165, 1.54) is 0 Å². The Kier molecular flexibility index (Phi) is 8.19. The standard InChI is InChI=1S/C36H38ClN3O3/c1-35(2,3)31(41)21-39-20-24(26-14-10-11-15-29(26)39)18-28-34(43)40(22-32(42)36(4,5)6)30-17-16-25(37)19-27(30)33(38-28)23-12-8-7-9-13-23/h7-17,19-20,28H,18,21-22H2,1-6H3. The van der Waals surface area contributed by atoms with E-state index in [9.17, 15) is 14.4 Å². The van der Waals surface area contributed by atoms with Gasteiger partial charge < -0.3 is 9.47 Å². The zero-order valence-electron chi connectivity index (χ0n) is 25.6. The molecule has 4 aromatic rings. The van der Waals surface area contributed by atoms with Crippen molar-refractivity contribution in [3.8, 4) is 0 Å². The number of aromatic nitrogens is 1. The first-order valence-electron chi connectivity index (χ1n) is 14.6. The van der Waals surface area contributed by atoms with E-state index in [2.05, 4.69) is 0 Å². The van der Waals surface area contributed by atoms with Crippen LogP contribution in [0.3, 0.4) is 0 Å². The van der Waals surface area contributed by atoms with Crippen molar-refractivity contribution in [3.63, 3.8) is 0 Å². The van der Waals surface area contributed by atoms with Crippen LogP contribution in [0, 0.1) is 10.8 Å². The number of Topliss-reactive ketones (excluding diaryl/α,β-unsaturated/α-hetero) is 2. The van der Waals surface area contributed by atoms with Crippen molar-refractivity contribution in [3.05, 3.63) is 101 Å². The molecule has 1 unspecified atom stereocenters. The molecule has 5 rings (SSSR count). The summed E-state index contributed by atoms with van der Waals surface area (Å²) >= 11 is 6.50. The number of benzene rings is 3. The maximum absolute atomic E-state index is 14.5. The normalized spacial score (nSPS) is 15.7. The number of aliphatic imine (C=N–C) groups is 1. The van der Waals surface area contributed by atoms with E-state index in [-0.39, 0.29) is 30.6 Å². The third-order valence-electron chi connectivity index (χ3n) is 7.96. The summed E-state index contributed by atoms with van der Waals surface area (Å²) in [7, 11) is 0. The number of para-hydroxylation sites is 1. The Bertz CT molecular complexity index is 1740. The summed E-state index contributed by atoms with van der Waals surface area (Å²) in [4.78, 5) is 47.5. The molecule has 0 fully saturated rings. The molecule has 7 heteroatoms. The molecule has 43 heavy (non-hydrogen) atoms. The lowest BCUT2D eigenvalue weighted by atomic mass is 9.90. The van der Waals surface area contributed by atoms with Crippen molar-refractivity contribution in [1.82, 2.24) is 4.57 Å². The molecule has 222 valence electrons. The fraction of sp³-hybridized carbons (Fsp3) is 0.333. The number of hydrogen-bond donors (Lipinski definition) is 0. The lowest BCUT2D eigenvalue weighted by molar-refractivity contribution is -0.127. The van der Waals surface area contributed by atoms with Gasteiger partial charge in [0, 0.05) is 50.5 Å². The van der Waals surface area contributed by atoms with Crippen LogP contribution in [-0.4, -0.2) is 40.3 Å². The van der Waals surface area contributed by atoms with Crippen molar-refractivity contribution in [2.45, 2.75) is 60.5 Å². The predicted octanol–water partition coefficient (Wildman–Crippen LogP) is 7.32. The van der Waals surface area contributed by atoms with E-state index in [4.69, 9.17) is 16.6 Å². The van der Waals surface area contributed by atoms with Gasteiger partial charge in [-0.3, -0.25) is 19.4 Å². The Hall–Kier alpha value is -4.03. The third-order valence-corrected chi connectivity index (χ3v) is 8.20. The van der Waals surface area contributed by atoms with E-state index < -0.39 is 16.9 Å². The molecule has 1 amide bonds. The van der Waals surface area contributed by atoms with Gasteiger partial charge in [0.1, 0.15) is 6.04 Å². The molecular weight excluding hydrogens is 558 g/mol. The van der Waals surface area contributed by atoms with Crippen molar-refractivity contribution in [1.29, 1.82) is 0 Å². The second kappa shape index (κ2) is 11.6. The molecule has 0 radical (unpaired) electrons. The van der Waals surface area contributed by atoms with Crippen molar-refractivity contribution < 1.29 is 14.4 Å². The molecule has 0 aliphatic carbocycles. The predicted molar refractivity (Wildman–Crippen MR) is 174 cm³/mol. The van der Waals surface area contributed by atoms with Gasteiger partial charge in [-0.25, -0.2) is 0 Å². The number of carbonyl (C=O) groups excluding carboxylic acids is 3. The topological polar surface area (TPSA) is 71.7 Å². The number of halogens is 1. The zero-order chi connectivity index (χ0) is 31.1. The number of ketones is 2. The van der Waals surface area contributed by atoms with Crippen LogP contribution in [0.1, 0.15) is 58.2 Å². The van der Waals surface area contributed by atoms with Crippen LogP contribution in [0.4, 0.5) is 5.69 Å². The highest BCUT2D eigenvalue weighted by Crippen LogP contribution is 2.34. The van der Waals surface area contributed by atoms with E-state index in [0.29, 0.717) is 28.4 Å². The number of rotatable bonds is 7. The third kappa shape index (κ3) is 6.35. The molecule has 1 aliphatic heterocycles. The lowest BCUT2D eigenvalue weighted by Crippen LogP contribution is -2.44. The average Bonchev–Trinajstić information content (AvgIpc) is 3.24. The smallest absolute Gasteiger partial charge is 0.252 e. The van der Waals surface area contributed by atoms with Gasteiger partial charge in [0.25, 0.3) is 5.91 Å². The maximum atomic E-state index is 14.5. The Labute approximate surface area is 258 Å². The molecule has 1 aliphatic rings. The summed E-state index contributed by atoms with van der Waals surface area (Å²) in [6.45, 7) is 11.5. The van der Waals surface area contributed by atoms with E-state index in [1.807, 2.05) is 113 Å². The molecule has 0 N–H and O–H groups in total. The van der Waals surface area contributed by atoms with Crippen LogP contribution < -0.4 is 4.90 Å². The van der Waals surface area contributed by atoms with Gasteiger partial charge in [0.2, 0.25) is 0 Å². The van der Waals surface area contributed by atoms with Crippen LogP contribution in [0.25, 0.3) is 10.9 Å². The van der Waals surface area contributed by atoms with E-state index in [0.717, 1.165) is 22.0 Å². The average molecular weight is 596 g/mol. The van der Waals surface area contributed by atoms with E-state index in [1.54, 1.807) is 17.0 Å². The number of hydrogen-bond acceptors (Lipinski definition) is 4. The maximum Gasteiger partial charge on any atom is 0.252 e. The Balaban J connectivity index is 1.65. The van der Waals surface area contributed by atoms with Crippen LogP contribution in [-0.2, 0) is 27.3 Å². The zero-order valence-corrected chi connectivity index (χ0v) is 26.4. The molecule has 0 bridgehead atoms. The molecule has 0 saturated heterocycles. The van der Waals surface area contributed by atoms with Gasteiger partial charge in [0.05, 0.1) is 24.5 Å². The highest BCUT2D eigenvalue weighted by Gasteiger charge is 2.36. The van der Waals surface area contributed by atoms with Crippen LogP contribution in [0.2, 0.25) is 5.02 Å². The summed E-state index contributed by atoms with van der Waals surface area (Å²) < 4.78 is 1.97. The Morgan fingerprint density at radius 3 is 2.14 bits per heavy atom. The second-order valence-corrected chi connectivity index (χ2v) is 13.7. The highest BCUT2D eigenvalue weighted by atomic mass is 35.5. The van der Waals surface area contributed by atoms with Crippen molar-refractivity contribution >= 4 is 51.4 Å². The highest BCUT2D eigenvalue weighted by molar-refractivity contribution is 6.32. The number of nitrogens with zero attached hydrogens (tertiary/aromatic N) is 3. The Morgan fingerprint density at radius 2 is 1.47 bits per heavy atom. The van der Waals surface area contributed by atoms with Gasteiger partial charge in [-0.2, -0.15) is 0 Å². The molecule has 1 aromatic heterocycles. The molecule has 0 spiro atoms. The molecule has 6 nitrogen and oxygen atoms in total. The molecular formula is C36H38ClN3O3. The first-order chi connectivity index (χ1) is 20.2. The van der Waals surface area contributed by atoms with Gasteiger partial charge in [-0.15, -0.1) is 0 Å². The van der Waals surface area contributed by atoms with Gasteiger partial charge in [0.15, 0.2) is 11.6 Å². The quantitative estimate of drug-likeness (QED) is 0.225. The first-order valence-corrected chi connectivity index (χ1v) is 15.0. The number of benzodiazepines with no additional fused rings is 1. The fourth-order valence-corrected chi connectivity index (χ4v) is 5.40. The minimum absolute atomic E-state index is 0.0547. The molecule has 0 saturated carbocycles. The number of carbonyl (C=O) groups is 3. The molecule has 2 heterocycles. The van der Waals surface area contributed by atoms with Crippen LogP contribution in [0.5, 0.6) is 0 Å². The number of amides is 1. The summed E-state index contributed by atoms with van der Waals surface area (Å²) in [6.07, 6.45) is 2.27. The van der Waals surface area contributed by atoms with Crippen LogP contribution in [0.15, 0.2) is 84.0 Å². The molecule has 3 aromatic carbocycles. The fourth-order valence-electron chi connectivity index (χ4n) is 5.23. The Morgan fingerprint density at radius 1 is 0.837 bits per heavy atom. The van der Waals surface area contributed by atoms with Gasteiger partial charge in [-0.1, -0.05) is 102 Å². The minimum atomic E-state index is -0.813. The first kappa shape index (κ1) is 30.4. The monoisotopic (exact) mass is 595 g/mol. The minimum Gasteiger partial charge on any atom is -0.340 e. The molecule has 1 atom stereocenters. The number of fused-ring (bicyclic) bond motifs is 2. The van der Waals surface area contributed by atoms with Crippen molar-refractivity contribution in [2.75, 3.05) is 11.4 Å². The number of anilines is 1. The van der Waals surface area contributed by atoms with E-state index >= 15 is 0 Å². The largest absolute Gasteiger partial charge is 0.340 e. The lowest BCUT2D eigenvalue weighted by Gasteiger charge is -2.28. The van der Waals surface area contributed by atoms with Gasteiger partial charge in [-0.05, 0) is 29.8 Å². The summed E-state index contributed by atoms with van der Waals surface area (Å²) in [5.74, 6) is -0.190. The van der Waals surface area contributed by atoms with Gasteiger partial charge >= 0.3 is 0 Å². The summed E-state index contributed by atoms with van der Waals surface area (Å²) in [6, 6.07) is 22.2. The van der Waals surface area contributed by atoms with Crippen molar-refractivity contribution in [2.24, 2.45) is 15.8 Å². The van der Waals surface area contributed by atoms with Crippen LogP contribution >= 0.6 is 11.6 Å². The summed E-state index contributed by atoms with van der Waals surface area (Å²) in [5, 5.41) is 1.48. The SMILES string of the molecule is CC(C)(C)C(=O)CN1C(=O)C(Cc2cn(CC(=O)C(C)(C)C)c3ccccc23)N=C(c2ccccc2)c2cc(Cl)ccc21.